The largest absolute Gasteiger partial charge is 0.507 e. The Hall–Kier alpha value is -2.36. The van der Waals surface area contributed by atoms with Gasteiger partial charge in [0.15, 0.2) is 5.82 Å². The molecule has 0 saturated heterocycles. The van der Waals surface area contributed by atoms with E-state index in [1.165, 1.54) is 0 Å². The maximum Gasteiger partial charge on any atom is 0.158 e. The number of hydrogen-bond acceptors (Lipinski definition) is 3. The molecule has 1 aromatic heterocycles. The molecule has 0 aliphatic carbocycles. The lowest BCUT2D eigenvalue weighted by molar-refractivity contribution is 0.481. The van der Waals surface area contributed by atoms with E-state index in [0.717, 1.165) is 28.7 Å². The van der Waals surface area contributed by atoms with Crippen molar-refractivity contribution < 1.29 is 5.11 Å². The minimum atomic E-state index is 0.289. The number of phenols is 1. The van der Waals surface area contributed by atoms with Crippen LogP contribution in [-0.4, -0.2) is 19.9 Å². The molecule has 0 aliphatic rings. The van der Waals surface area contributed by atoms with Gasteiger partial charge in [-0.25, -0.2) is 9.67 Å². The molecule has 90 valence electrons. The van der Waals surface area contributed by atoms with Crippen LogP contribution in [0.1, 0.15) is 6.92 Å². The summed E-state index contributed by atoms with van der Waals surface area (Å²) in [6.45, 7) is 2.80. The van der Waals surface area contributed by atoms with Crippen LogP contribution in [0.3, 0.4) is 0 Å². The molecule has 4 heteroatoms. The zero-order chi connectivity index (χ0) is 12.5. The summed E-state index contributed by atoms with van der Waals surface area (Å²) in [5, 5.41) is 15.9. The Morgan fingerprint density at radius 1 is 1.11 bits per heavy atom. The van der Waals surface area contributed by atoms with Crippen molar-refractivity contribution in [3.63, 3.8) is 0 Å². The summed E-state index contributed by atoms with van der Waals surface area (Å²) < 4.78 is 1.85. The average Bonchev–Trinajstić information content (AvgIpc) is 2.88. The van der Waals surface area contributed by atoms with Crippen LogP contribution in [0.4, 0.5) is 0 Å². The normalized spacial score (nSPS) is 10.9. The van der Waals surface area contributed by atoms with E-state index >= 15 is 0 Å². The van der Waals surface area contributed by atoms with Crippen molar-refractivity contribution in [1.29, 1.82) is 0 Å². The van der Waals surface area contributed by atoms with Crippen LogP contribution >= 0.6 is 0 Å². The SMILES string of the molecule is CCn1ncnc1-c1ccc(O)c2ccccc12. The minimum Gasteiger partial charge on any atom is -0.507 e. The fourth-order valence-corrected chi connectivity index (χ4v) is 2.18. The maximum absolute atomic E-state index is 9.88. The fraction of sp³-hybridized carbons (Fsp3) is 0.143. The van der Waals surface area contributed by atoms with Crippen LogP contribution in [0.15, 0.2) is 42.7 Å². The van der Waals surface area contributed by atoms with E-state index in [0.29, 0.717) is 0 Å². The molecule has 0 atom stereocenters. The molecular formula is C14H13N3O. The summed E-state index contributed by atoms with van der Waals surface area (Å²) >= 11 is 0. The third-order valence-electron chi connectivity index (χ3n) is 3.06. The number of rotatable bonds is 2. The molecule has 0 fully saturated rings. The molecule has 0 amide bonds. The van der Waals surface area contributed by atoms with E-state index in [2.05, 4.69) is 10.1 Å². The lowest BCUT2D eigenvalue weighted by Crippen LogP contribution is -1.99. The molecular weight excluding hydrogens is 226 g/mol. The minimum absolute atomic E-state index is 0.289. The summed E-state index contributed by atoms with van der Waals surface area (Å²) in [5.41, 5.74) is 0.989. The van der Waals surface area contributed by atoms with E-state index in [4.69, 9.17) is 0 Å². The third kappa shape index (κ3) is 1.54. The molecule has 0 unspecified atom stereocenters. The maximum atomic E-state index is 9.88. The van der Waals surface area contributed by atoms with Gasteiger partial charge in [-0.15, -0.1) is 0 Å². The molecule has 3 aromatic rings. The van der Waals surface area contributed by atoms with Crippen molar-refractivity contribution in [3.8, 4) is 17.1 Å². The van der Waals surface area contributed by atoms with Gasteiger partial charge in [0.25, 0.3) is 0 Å². The molecule has 0 saturated carbocycles. The molecule has 0 aliphatic heterocycles. The molecule has 18 heavy (non-hydrogen) atoms. The zero-order valence-electron chi connectivity index (χ0n) is 10.0. The van der Waals surface area contributed by atoms with Crippen molar-refractivity contribution in [2.24, 2.45) is 0 Å². The molecule has 0 bridgehead atoms. The quantitative estimate of drug-likeness (QED) is 0.748. The summed E-state index contributed by atoms with van der Waals surface area (Å²) in [7, 11) is 0. The summed E-state index contributed by atoms with van der Waals surface area (Å²) in [6, 6.07) is 11.3. The second-order valence-electron chi connectivity index (χ2n) is 4.08. The number of benzene rings is 2. The molecule has 0 radical (unpaired) electrons. The van der Waals surface area contributed by atoms with Gasteiger partial charge in [0.1, 0.15) is 12.1 Å². The van der Waals surface area contributed by atoms with Gasteiger partial charge in [-0.1, -0.05) is 24.3 Å². The van der Waals surface area contributed by atoms with E-state index in [-0.39, 0.29) is 5.75 Å². The Kier molecular flexibility index (Phi) is 2.48. The Morgan fingerprint density at radius 2 is 1.89 bits per heavy atom. The number of hydrogen-bond donors (Lipinski definition) is 1. The highest BCUT2D eigenvalue weighted by atomic mass is 16.3. The van der Waals surface area contributed by atoms with Crippen LogP contribution in [0.5, 0.6) is 5.75 Å². The number of aromatic nitrogens is 3. The highest BCUT2D eigenvalue weighted by molar-refractivity contribution is 5.98. The van der Waals surface area contributed by atoms with E-state index in [1.807, 2.05) is 41.9 Å². The smallest absolute Gasteiger partial charge is 0.158 e. The van der Waals surface area contributed by atoms with Gasteiger partial charge in [-0.2, -0.15) is 5.10 Å². The Labute approximate surface area is 105 Å². The predicted molar refractivity (Wildman–Crippen MR) is 70.3 cm³/mol. The highest BCUT2D eigenvalue weighted by Gasteiger charge is 2.11. The number of fused-ring (bicyclic) bond motifs is 1. The first-order valence-electron chi connectivity index (χ1n) is 5.90. The first kappa shape index (κ1) is 10.8. The molecule has 0 spiro atoms. The van der Waals surface area contributed by atoms with Crippen LogP contribution in [0.2, 0.25) is 0 Å². The lowest BCUT2D eigenvalue weighted by Gasteiger charge is -2.08. The number of aryl methyl sites for hydroxylation is 1. The van der Waals surface area contributed by atoms with Gasteiger partial charge in [-0.3, -0.25) is 0 Å². The zero-order valence-corrected chi connectivity index (χ0v) is 10.0. The topological polar surface area (TPSA) is 50.9 Å². The Bertz CT molecular complexity index is 703. The Balaban J connectivity index is 2.34. The van der Waals surface area contributed by atoms with Gasteiger partial charge in [0.2, 0.25) is 0 Å². The van der Waals surface area contributed by atoms with Gasteiger partial charge < -0.3 is 5.11 Å². The average molecular weight is 239 g/mol. The first-order chi connectivity index (χ1) is 8.81. The van der Waals surface area contributed by atoms with Crippen molar-refractivity contribution in [2.75, 3.05) is 0 Å². The molecule has 1 N–H and O–H groups in total. The first-order valence-corrected chi connectivity index (χ1v) is 5.90. The monoisotopic (exact) mass is 239 g/mol. The van der Waals surface area contributed by atoms with Gasteiger partial charge >= 0.3 is 0 Å². The number of aromatic hydroxyl groups is 1. The lowest BCUT2D eigenvalue weighted by atomic mass is 10.0. The molecule has 1 heterocycles. The van der Waals surface area contributed by atoms with E-state index in [9.17, 15) is 5.11 Å². The standard InChI is InChI=1S/C14H13N3O/c1-2-17-14(15-9-16-17)12-7-8-13(18)11-6-4-3-5-10(11)12/h3-9,18H,2H2,1H3. The molecule has 2 aromatic carbocycles. The van der Waals surface area contributed by atoms with Crippen LogP contribution in [0.25, 0.3) is 22.2 Å². The van der Waals surface area contributed by atoms with Crippen LogP contribution < -0.4 is 0 Å². The highest BCUT2D eigenvalue weighted by Crippen LogP contribution is 2.32. The summed E-state index contributed by atoms with van der Waals surface area (Å²) in [5.74, 6) is 1.12. The summed E-state index contributed by atoms with van der Waals surface area (Å²) in [4.78, 5) is 4.31. The van der Waals surface area contributed by atoms with Crippen LogP contribution in [-0.2, 0) is 6.54 Å². The van der Waals surface area contributed by atoms with Gasteiger partial charge in [0, 0.05) is 17.5 Å². The molecule has 4 nitrogen and oxygen atoms in total. The van der Waals surface area contributed by atoms with E-state index < -0.39 is 0 Å². The van der Waals surface area contributed by atoms with Crippen LogP contribution in [0, 0.1) is 0 Å². The molecule has 3 rings (SSSR count). The van der Waals surface area contributed by atoms with Crippen molar-refractivity contribution in [2.45, 2.75) is 13.5 Å². The van der Waals surface area contributed by atoms with E-state index in [1.54, 1.807) is 12.4 Å². The third-order valence-corrected chi connectivity index (χ3v) is 3.06. The number of nitrogens with zero attached hydrogens (tertiary/aromatic N) is 3. The van der Waals surface area contributed by atoms with Crippen molar-refractivity contribution >= 4 is 10.8 Å². The second-order valence-corrected chi connectivity index (χ2v) is 4.08. The Morgan fingerprint density at radius 3 is 2.67 bits per heavy atom. The van der Waals surface area contributed by atoms with Gasteiger partial charge in [-0.05, 0) is 24.4 Å². The summed E-state index contributed by atoms with van der Waals surface area (Å²) in [6.07, 6.45) is 1.56. The van der Waals surface area contributed by atoms with Crippen molar-refractivity contribution in [3.05, 3.63) is 42.7 Å². The fourth-order valence-electron chi connectivity index (χ4n) is 2.18. The van der Waals surface area contributed by atoms with Gasteiger partial charge in [0.05, 0.1) is 0 Å². The number of phenolic OH excluding ortho intramolecular Hbond substituents is 1. The van der Waals surface area contributed by atoms with Crippen molar-refractivity contribution in [1.82, 2.24) is 14.8 Å². The second kappa shape index (κ2) is 4.14. The predicted octanol–water partition coefficient (Wildman–Crippen LogP) is 2.82.